The van der Waals surface area contributed by atoms with Gasteiger partial charge in [-0.2, -0.15) is 12.6 Å². The smallest absolute Gasteiger partial charge is 0.0226 e. The van der Waals surface area contributed by atoms with Crippen molar-refractivity contribution >= 4 is 35.2 Å². The molecule has 0 bridgehead atoms. The van der Waals surface area contributed by atoms with E-state index in [0.29, 0.717) is 5.25 Å². The molecule has 0 spiro atoms. The van der Waals surface area contributed by atoms with Crippen molar-refractivity contribution < 1.29 is 0 Å². The van der Waals surface area contributed by atoms with Gasteiger partial charge in [0.25, 0.3) is 0 Å². The molecule has 0 aromatic heterocycles. The highest BCUT2D eigenvalue weighted by Gasteiger charge is 2.17. The topological polar surface area (TPSA) is 0 Å². The molecule has 0 amide bonds. The molecule has 2 heteroatoms. The fourth-order valence-corrected chi connectivity index (χ4v) is 2.20. The molecule has 1 saturated carbocycles. The molecular formula is C6H11IS. The molecule has 1 rings (SSSR count). The van der Waals surface area contributed by atoms with Gasteiger partial charge in [-0.25, -0.2) is 0 Å². The van der Waals surface area contributed by atoms with Crippen LogP contribution in [0.3, 0.4) is 0 Å². The third kappa shape index (κ3) is 1.79. The average molecular weight is 242 g/mol. The minimum absolute atomic E-state index is 0.685. The summed E-state index contributed by atoms with van der Waals surface area (Å²) in [4.78, 5) is 0. The van der Waals surface area contributed by atoms with Gasteiger partial charge in [0.05, 0.1) is 0 Å². The lowest BCUT2D eigenvalue weighted by molar-refractivity contribution is 0.541. The van der Waals surface area contributed by atoms with Gasteiger partial charge in [-0.15, -0.1) is 0 Å². The monoisotopic (exact) mass is 242 g/mol. The van der Waals surface area contributed by atoms with Crippen molar-refractivity contribution in [1.29, 1.82) is 0 Å². The molecule has 2 unspecified atom stereocenters. The van der Waals surface area contributed by atoms with Crippen molar-refractivity contribution in [3.63, 3.8) is 0 Å². The molecule has 0 aliphatic heterocycles. The number of hydrogen-bond donors (Lipinski definition) is 1. The Labute approximate surface area is 70.0 Å². The van der Waals surface area contributed by atoms with Crippen molar-refractivity contribution in [2.75, 3.05) is 0 Å². The van der Waals surface area contributed by atoms with E-state index in [0.717, 1.165) is 3.92 Å². The van der Waals surface area contributed by atoms with Crippen LogP contribution in [-0.2, 0) is 0 Å². The molecule has 0 heterocycles. The van der Waals surface area contributed by atoms with Gasteiger partial charge in [-0.1, -0.05) is 35.4 Å². The maximum atomic E-state index is 4.45. The first-order chi connectivity index (χ1) is 3.80. The van der Waals surface area contributed by atoms with Crippen LogP contribution in [0.5, 0.6) is 0 Å². The van der Waals surface area contributed by atoms with Crippen molar-refractivity contribution in [3.8, 4) is 0 Å². The highest BCUT2D eigenvalue weighted by molar-refractivity contribution is 14.1. The third-order valence-electron chi connectivity index (χ3n) is 1.65. The van der Waals surface area contributed by atoms with Crippen LogP contribution in [0.25, 0.3) is 0 Å². The van der Waals surface area contributed by atoms with E-state index < -0.39 is 0 Å². The lowest BCUT2D eigenvalue weighted by atomic mass is 10.0. The van der Waals surface area contributed by atoms with Gasteiger partial charge >= 0.3 is 0 Å². The Hall–Kier alpha value is 1.08. The zero-order valence-electron chi connectivity index (χ0n) is 4.81. The van der Waals surface area contributed by atoms with Crippen LogP contribution >= 0.6 is 35.2 Å². The van der Waals surface area contributed by atoms with Crippen LogP contribution in [0.4, 0.5) is 0 Å². The molecule has 0 saturated heterocycles. The fourth-order valence-electron chi connectivity index (χ4n) is 1.07. The molecule has 0 nitrogen and oxygen atoms in total. The molecule has 2 atom stereocenters. The van der Waals surface area contributed by atoms with E-state index in [4.69, 9.17) is 0 Å². The van der Waals surface area contributed by atoms with E-state index >= 15 is 0 Å². The second-order valence-electron chi connectivity index (χ2n) is 2.37. The van der Waals surface area contributed by atoms with Crippen LogP contribution in [-0.4, -0.2) is 9.17 Å². The molecule has 0 aromatic carbocycles. The third-order valence-corrected chi connectivity index (χ3v) is 4.33. The quantitative estimate of drug-likeness (QED) is 0.377. The molecule has 0 N–H and O–H groups in total. The zero-order valence-corrected chi connectivity index (χ0v) is 7.86. The summed E-state index contributed by atoms with van der Waals surface area (Å²) in [6, 6.07) is 0. The van der Waals surface area contributed by atoms with Crippen molar-refractivity contribution in [2.24, 2.45) is 0 Å². The first-order valence-electron chi connectivity index (χ1n) is 3.13. The number of thiol groups is 1. The highest BCUT2D eigenvalue weighted by atomic mass is 127. The van der Waals surface area contributed by atoms with E-state index in [1.807, 2.05) is 0 Å². The van der Waals surface area contributed by atoms with E-state index in [-0.39, 0.29) is 0 Å². The Balaban J connectivity index is 2.28. The summed E-state index contributed by atoms with van der Waals surface area (Å²) < 4.78 is 0.838. The number of alkyl halides is 1. The van der Waals surface area contributed by atoms with Crippen molar-refractivity contribution in [2.45, 2.75) is 34.9 Å². The summed E-state index contributed by atoms with van der Waals surface area (Å²) in [5.41, 5.74) is 0. The molecule has 1 aliphatic carbocycles. The predicted octanol–water partition coefficient (Wildman–Crippen LogP) is 2.66. The van der Waals surface area contributed by atoms with Gasteiger partial charge in [-0.05, 0) is 12.8 Å². The summed E-state index contributed by atoms with van der Waals surface area (Å²) in [6.45, 7) is 0. The first-order valence-corrected chi connectivity index (χ1v) is 4.89. The van der Waals surface area contributed by atoms with Gasteiger partial charge in [-0.3, -0.25) is 0 Å². The molecule has 0 aromatic rings. The van der Waals surface area contributed by atoms with E-state index in [9.17, 15) is 0 Å². The summed E-state index contributed by atoms with van der Waals surface area (Å²) >= 11 is 6.96. The summed E-state index contributed by atoms with van der Waals surface area (Å²) in [5, 5.41) is 0.685. The number of hydrogen-bond acceptors (Lipinski definition) is 1. The standard InChI is InChI=1S/C6H11IS/c7-5-3-1-2-4-6(5)8/h5-6,8H,1-4H2. The Morgan fingerprint density at radius 2 is 1.88 bits per heavy atom. The summed E-state index contributed by atoms with van der Waals surface area (Å²) in [6.07, 6.45) is 5.53. The minimum atomic E-state index is 0.685. The predicted molar refractivity (Wildman–Crippen MR) is 49.1 cm³/mol. The first kappa shape index (κ1) is 7.19. The zero-order chi connectivity index (χ0) is 5.98. The Bertz CT molecular complexity index is 64.9. The van der Waals surface area contributed by atoms with Gasteiger partial charge < -0.3 is 0 Å². The molecular weight excluding hydrogens is 231 g/mol. The Morgan fingerprint density at radius 3 is 2.25 bits per heavy atom. The number of rotatable bonds is 0. The van der Waals surface area contributed by atoms with Crippen molar-refractivity contribution in [3.05, 3.63) is 0 Å². The molecule has 8 heavy (non-hydrogen) atoms. The van der Waals surface area contributed by atoms with Gasteiger partial charge in [0.2, 0.25) is 0 Å². The van der Waals surface area contributed by atoms with Crippen LogP contribution in [0.2, 0.25) is 0 Å². The molecule has 1 fully saturated rings. The van der Waals surface area contributed by atoms with Crippen LogP contribution in [0.15, 0.2) is 0 Å². The van der Waals surface area contributed by atoms with Gasteiger partial charge in [0, 0.05) is 9.17 Å². The Morgan fingerprint density at radius 1 is 1.25 bits per heavy atom. The maximum absolute atomic E-state index is 4.45. The molecule has 0 radical (unpaired) electrons. The normalized spacial score (nSPS) is 39.8. The van der Waals surface area contributed by atoms with Gasteiger partial charge in [0.15, 0.2) is 0 Å². The van der Waals surface area contributed by atoms with Crippen LogP contribution in [0.1, 0.15) is 25.7 Å². The summed E-state index contributed by atoms with van der Waals surface area (Å²) in [7, 11) is 0. The highest BCUT2D eigenvalue weighted by Crippen LogP contribution is 2.28. The van der Waals surface area contributed by atoms with Crippen LogP contribution in [0, 0.1) is 0 Å². The molecule has 1 aliphatic rings. The fraction of sp³-hybridized carbons (Fsp3) is 1.00. The van der Waals surface area contributed by atoms with Crippen LogP contribution < -0.4 is 0 Å². The average Bonchev–Trinajstić information content (AvgIpc) is 1.77. The van der Waals surface area contributed by atoms with Gasteiger partial charge in [0.1, 0.15) is 0 Å². The second-order valence-corrected chi connectivity index (χ2v) is 4.63. The minimum Gasteiger partial charge on any atom is -0.175 e. The van der Waals surface area contributed by atoms with E-state index in [1.54, 1.807) is 0 Å². The maximum Gasteiger partial charge on any atom is 0.0226 e. The lowest BCUT2D eigenvalue weighted by Crippen LogP contribution is -2.18. The number of halogens is 1. The SMILES string of the molecule is SC1CCCCC1I. The summed E-state index contributed by atoms with van der Waals surface area (Å²) in [5.74, 6) is 0. The van der Waals surface area contributed by atoms with Crippen molar-refractivity contribution in [1.82, 2.24) is 0 Å². The molecule has 48 valence electrons. The van der Waals surface area contributed by atoms with E-state index in [1.165, 1.54) is 25.7 Å². The second kappa shape index (κ2) is 3.30. The Kier molecular flexibility index (Phi) is 2.97. The largest absolute Gasteiger partial charge is 0.175 e. The van der Waals surface area contributed by atoms with E-state index in [2.05, 4.69) is 35.2 Å². The lowest BCUT2D eigenvalue weighted by Gasteiger charge is -2.22.